The average Bonchev–Trinajstić information content (AvgIpc) is 2.84. The van der Waals surface area contributed by atoms with E-state index < -0.39 is 5.97 Å². The molecule has 0 saturated carbocycles. The number of hydrogen-bond donors (Lipinski definition) is 1. The quantitative estimate of drug-likeness (QED) is 0.668. The normalized spacial score (nSPS) is 12.3. The summed E-state index contributed by atoms with van der Waals surface area (Å²) in [6.07, 6.45) is 1.74. The summed E-state index contributed by atoms with van der Waals surface area (Å²) in [5, 5.41) is 0.779. The highest BCUT2D eigenvalue weighted by Crippen LogP contribution is 2.27. The first-order valence-corrected chi connectivity index (χ1v) is 6.90. The molecule has 0 aliphatic heterocycles. The Kier molecular flexibility index (Phi) is 4.23. The number of aldehydes is 1. The Balaban J connectivity index is 2.57. The van der Waals surface area contributed by atoms with Gasteiger partial charge in [-0.05, 0) is 37.0 Å². The number of H-pyrrole nitrogens is 1. The minimum atomic E-state index is -0.490. The molecule has 0 fully saturated rings. The molecule has 1 aromatic heterocycles. The van der Waals surface area contributed by atoms with E-state index in [2.05, 4.69) is 18.8 Å². The third kappa shape index (κ3) is 2.46. The van der Waals surface area contributed by atoms with Crippen molar-refractivity contribution in [1.29, 1.82) is 0 Å². The van der Waals surface area contributed by atoms with E-state index in [-0.39, 0.29) is 12.3 Å². The van der Waals surface area contributed by atoms with Gasteiger partial charge in [0, 0.05) is 10.9 Å². The molecule has 1 N–H and O–H groups in total. The molecular formula is C16H19NO3. The van der Waals surface area contributed by atoms with Crippen molar-refractivity contribution in [2.45, 2.75) is 33.1 Å². The van der Waals surface area contributed by atoms with Crippen LogP contribution in [0.1, 0.15) is 59.5 Å². The first kappa shape index (κ1) is 14.3. The fraction of sp³-hybridized carbons (Fsp3) is 0.375. The number of aromatic nitrogens is 1. The number of carbonyl (C=O) groups is 2. The maximum Gasteiger partial charge on any atom is 0.355 e. The fourth-order valence-corrected chi connectivity index (χ4v) is 2.26. The second-order valence-electron chi connectivity index (χ2n) is 4.87. The second-order valence-corrected chi connectivity index (χ2v) is 4.87. The minimum Gasteiger partial charge on any atom is -0.461 e. The van der Waals surface area contributed by atoms with Gasteiger partial charge >= 0.3 is 5.97 Å². The predicted octanol–water partition coefficient (Wildman–Crippen LogP) is 3.67. The Morgan fingerprint density at radius 3 is 2.75 bits per heavy atom. The molecule has 1 unspecified atom stereocenters. The summed E-state index contributed by atoms with van der Waals surface area (Å²) >= 11 is 0. The van der Waals surface area contributed by atoms with Gasteiger partial charge in [-0.15, -0.1) is 0 Å². The number of aromatic amines is 1. The third-order valence-corrected chi connectivity index (χ3v) is 3.64. The number of benzene rings is 1. The van der Waals surface area contributed by atoms with Gasteiger partial charge in [0.05, 0.1) is 12.2 Å². The molecule has 1 atom stereocenters. The molecule has 0 radical (unpaired) electrons. The van der Waals surface area contributed by atoms with Crippen LogP contribution in [-0.4, -0.2) is 23.8 Å². The Bertz CT molecular complexity index is 642. The second kappa shape index (κ2) is 5.90. The number of hydrogen-bond acceptors (Lipinski definition) is 3. The molecule has 4 heteroatoms. The van der Waals surface area contributed by atoms with Crippen LogP contribution < -0.4 is 0 Å². The Morgan fingerprint density at radius 2 is 2.15 bits per heavy atom. The van der Waals surface area contributed by atoms with Crippen molar-refractivity contribution in [3.05, 3.63) is 35.0 Å². The molecule has 2 aromatic rings. The molecule has 1 aromatic carbocycles. The third-order valence-electron chi connectivity index (χ3n) is 3.64. The SMILES string of the molecule is CCOC(=O)c1[nH]c2ccc(C(C)CC)cc2c1C=O. The highest BCUT2D eigenvalue weighted by molar-refractivity contribution is 6.08. The number of rotatable bonds is 5. The standard InChI is InChI=1S/C16H19NO3/c1-4-10(3)11-6-7-14-12(8-11)13(9-18)15(17-14)16(19)20-5-2/h6-10,17H,4-5H2,1-3H3. The molecule has 0 spiro atoms. The summed E-state index contributed by atoms with van der Waals surface area (Å²) in [6.45, 7) is 6.28. The van der Waals surface area contributed by atoms with E-state index in [9.17, 15) is 9.59 Å². The van der Waals surface area contributed by atoms with Crippen LogP contribution in [0.5, 0.6) is 0 Å². The van der Waals surface area contributed by atoms with Crippen molar-refractivity contribution < 1.29 is 14.3 Å². The van der Waals surface area contributed by atoms with Gasteiger partial charge in [-0.2, -0.15) is 0 Å². The molecule has 0 aliphatic carbocycles. The Hall–Kier alpha value is -2.10. The fourth-order valence-electron chi connectivity index (χ4n) is 2.26. The first-order valence-electron chi connectivity index (χ1n) is 6.90. The van der Waals surface area contributed by atoms with Gasteiger partial charge < -0.3 is 9.72 Å². The van der Waals surface area contributed by atoms with E-state index in [4.69, 9.17) is 4.74 Å². The van der Waals surface area contributed by atoms with Crippen LogP contribution in [-0.2, 0) is 4.74 Å². The summed E-state index contributed by atoms with van der Waals surface area (Å²) in [6, 6.07) is 5.91. The Morgan fingerprint density at radius 1 is 1.40 bits per heavy atom. The largest absolute Gasteiger partial charge is 0.461 e. The molecule has 0 bridgehead atoms. The first-order chi connectivity index (χ1) is 9.62. The van der Waals surface area contributed by atoms with Gasteiger partial charge in [0.1, 0.15) is 5.69 Å². The molecule has 0 saturated heterocycles. The van der Waals surface area contributed by atoms with Gasteiger partial charge in [-0.3, -0.25) is 4.79 Å². The van der Waals surface area contributed by atoms with Crippen molar-refractivity contribution in [3.8, 4) is 0 Å². The maximum atomic E-state index is 11.9. The topological polar surface area (TPSA) is 59.2 Å². The van der Waals surface area contributed by atoms with Gasteiger partial charge in [0.25, 0.3) is 0 Å². The van der Waals surface area contributed by atoms with Gasteiger partial charge in [-0.1, -0.05) is 19.9 Å². The predicted molar refractivity (Wildman–Crippen MR) is 78.3 cm³/mol. The van der Waals surface area contributed by atoms with Crippen molar-refractivity contribution in [3.63, 3.8) is 0 Å². The smallest absolute Gasteiger partial charge is 0.355 e. The molecule has 0 aliphatic rings. The van der Waals surface area contributed by atoms with Crippen molar-refractivity contribution in [2.24, 2.45) is 0 Å². The van der Waals surface area contributed by atoms with E-state index in [1.165, 1.54) is 0 Å². The molecule has 1 heterocycles. The summed E-state index contributed by atoms with van der Waals surface area (Å²) in [4.78, 5) is 26.2. The van der Waals surface area contributed by atoms with Crippen LogP contribution in [0.3, 0.4) is 0 Å². The number of nitrogens with one attached hydrogen (secondary N) is 1. The van der Waals surface area contributed by atoms with E-state index in [0.717, 1.165) is 22.9 Å². The van der Waals surface area contributed by atoms with E-state index >= 15 is 0 Å². The van der Waals surface area contributed by atoms with Crippen LogP contribution in [0, 0.1) is 0 Å². The van der Waals surface area contributed by atoms with Crippen molar-refractivity contribution >= 4 is 23.2 Å². The highest BCUT2D eigenvalue weighted by Gasteiger charge is 2.19. The van der Waals surface area contributed by atoms with Crippen LogP contribution in [0.25, 0.3) is 10.9 Å². The lowest BCUT2D eigenvalue weighted by Crippen LogP contribution is -2.07. The van der Waals surface area contributed by atoms with Gasteiger partial charge in [-0.25, -0.2) is 4.79 Å². The lowest BCUT2D eigenvalue weighted by atomic mass is 9.96. The zero-order valence-corrected chi connectivity index (χ0v) is 12.0. The van der Waals surface area contributed by atoms with Crippen LogP contribution in [0.15, 0.2) is 18.2 Å². The zero-order valence-electron chi connectivity index (χ0n) is 12.0. The van der Waals surface area contributed by atoms with Crippen molar-refractivity contribution in [2.75, 3.05) is 6.61 Å². The summed E-state index contributed by atoms with van der Waals surface area (Å²) in [7, 11) is 0. The molecule has 20 heavy (non-hydrogen) atoms. The maximum absolute atomic E-state index is 11.9. The van der Waals surface area contributed by atoms with Gasteiger partial charge in [0.2, 0.25) is 0 Å². The summed E-state index contributed by atoms with van der Waals surface area (Å²) in [5.41, 5.74) is 2.56. The number of esters is 1. The van der Waals surface area contributed by atoms with E-state index in [0.29, 0.717) is 17.8 Å². The van der Waals surface area contributed by atoms with Gasteiger partial charge in [0.15, 0.2) is 6.29 Å². The van der Waals surface area contributed by atoms with E-state index in [1.807, 2.05) is 18.2 Å². The van der Waals surface area contributed by atoms with E-state index in [1.54, 1.807) is 6.92 Å². The van der Waals surface area contributed by atoms with Crippen LogP contribution in [0.2, 0.25) is 0 Å². The highest BCUT2D eigenvalue weighted by atomic mass is 16.5. The van der Waals surface area contributed by atoms with Crippen LogP contribution in [0.4, 0.5) is 0 Å². The van der Waals surface area contributed by atoms with Crippen molar-refractivity contribution in [1.82, 2.24) is 4.98 Å². The Labute approximate surface area is 118 Å². The monoisotopic (exact) mass is 273 g/mol. The minimum absolute atomic E-state index is 0.234. The van der Waals surface area contributed by atoms with Crippen LogP contribution >= 0.6 is 0 Å². The number of ether oxygens (including phenoxy) is 1. The number of fused-ring (bicyclic) bond motifs is 1. The average molecular weight is 273 g/mol. The lowest BCUT2D eigenvalue weighted by Gasteiger charge is -2.08. The molecule has 106 valence electrons. The molecule has 0 amide bonds. The zero-order chi connectivity index (χ0) is 14.7. The molecular weight excluding hydrogens is 254 g/mol. The molecule has 4 nitrogen and oxygen atoms in total. The lowest BCUT2D eigenvalue weighted by molar-refractivity contribution is 0.0518. The summed E-state index contributed by atoms with van der Waals surface area (Å²) in [5.74, 6) is -0.0734. The number of carbonyl (C=O) groups excluding carboxylic acids is 2. The molecule has 2 rings (SSSR count). The summed E-state index contributed by atoms with van der Waals surface area (Å²) < 4.78 is 4.97.